The Hall–Kier alpha value is -3.55. The predicted octanol–water partition coefficient (Wildman–Crippen LogP) is 2.74. The van der Waals surface area contributed by atoms with E-state index >= 15 is 0 Å². The number of hydrogen-bond donors (Lipinski definition) is 1. The van der Waals surface area contributed by atoms with Crippen LogP contribution in [0, 0.1) is 0 Å². The van der Waals surface area contributed by atoms with Crippen LogP contribution >= 0.6 is 0 Å². The van der Waals surface area contributed by atoms with Crippen molar-refractivity contribution >= 4 is 34.8 Å². The molecule has 1 saturated heterocycles. The molecule has 0 spiro atoms. The van der Waals surface area contributed by atoms with Gasteiger partial charge >= 0.3 is 0 Å². The highest BCUT2D eigenvalue weighted by Crippen LogP contribution is 2.40. The third-order valence-corrected chi connectivity index (χ3v) is 5.96. The van der Waals surface area contributed by atoms with Crippen LogP contribution in [0.3, 0.4) is 0 Å². The van der Waals surface area contributed by atoms with Crippen molar-refractivity contribution in [3.05, 3.63) is 48.0 Å². The third-order valence-electron chi connectivity index (χ3n) is 5.96. The quantitative estimate of drug-likeness (QED) is 0.780. The topological polar surface area (TPSA) is 82.2 Å². The molecule has 2 aliphatic rings. The van der Waals surface area contributed by atoms with E-state index in [2.05, 4.69) is 10.2 Å². The lowest BCUT2D eigenvalue weighted by molar-refractivity contribution is -0.123. The molecule has 2 aromatic carbocycles. The molecular weight excluding hydrogens is 408 g/mol. The second kappa shape index (κ2) is 8.90. The summed E-state index contributed by atoms with van der Waals surface area (Å²) >= 11 is 0. The molecule has 168 valence electrons. The van der Waals surface area contributed by atoms with Gasteiger partial charge in [0.15, 0.2) is 0 Å². The molecular formula is C24H28N4O4. The Balaban J connectivity index is 1.63. The van der Waals surface area contributed by atoms with E-state index in [-0.39, 0.29) is 30.3 Å². The molecule has 2 aliphatic heterocycles. The van der Waals surface area contributed by atoms with Gasteiger partial charge in [-0.05, 0) is 61.7 Å². The molecule has 3 amide bonds. The highest BCUT2D eigenvalue weighted by Gasteiger charge is 2.40. The number of fused-ring (bicyclic) bond motifs is 3. The maximum absolute atomic E-state index is 13.4. The minimum absolute atomic E-state index is 0.100. The van der Waals surface area contributed by atoms with Crippen molar-refractivity contribution in [1.29, 1.82) is 0 Å². The second-order valence-corrected chi connectivity index (χ2v) is 8.31. The minimum atomic E-state index is -0.303. The van der Waals surface area contributed by atoms with Crippen LogP contribution in [0.2, 0.25) is 0 Å². The third kappa shape index (κ3) is 4.12. The van der Waals surface area contributed by atoms with Gasteiger partial charge in [0.25, 0.3) is 5.91 Å². The number of amides is 3. The Morgan fingerprint density at radius 1 is 1.09 bits per heavy atom. The lowest BCUT2D eigenvalue weighted by atomic mass is 9.95. The fourth-order valence-electron chi connectivity index (χ4n) is 4.33. The zero-order valence-corrected chi connectivity index (χ0v) is 18.6. The van der Waals surface area contributed by atoms with Crippen LogP contribution in [-0.2, 0) is 9.59 Å². The van der Waals surface area contributed by atoms with Crippen LogP contribution in [0.15, 0.2) is 42.5 Å². The Morgan fingerprint density at radius 2 is 1.84 bits per heavy atom. The smallest absolute Gasteiger partial charge is 0.253 e. The molecule has 1 atom stereocenters. The molecule has 1 fully saturated rings. The van der Waals surface area contributed by atoms with Crippen molar-refractivity contribution in [2.45, 2.75) is 25.3 Å². The molecule has 32 heavy (non-hydrogen) atoms. The lowest BCUT2D eigenvalue weighted by Crippen LogP contribution is -2.56. The van der Waals surface area contributed by atoms with Crippen LogP contribution in [0.4, 0.5) is 17.1 Å². The Kier molecular flexibility index (Phi) is 6.03. The molecule has 0 unspecified atom stereocenters. The summed E-state index contributed by atoms with van der Waals surface area (Å²) < 4.78 is 5.15. The van der Waals surface area contributed by atoms with E-state index in [4.69, 9.17) is 4.74 Å². The molecule has 2 aromatic rings. The molecule has 2 heterocycles. The fourth-order valence-corrected chi connectivity index (χ4v) is 4.33. The van der Waals surface area contributed by atoms with E-state index in [9.17, 15) is 14.4 Å². The van der Waals surface area contributed by atoms with Gasteiger partial charge in [-0.15, -0.1) is 0 Å². The van der Waals surface area contributed by atoms with Gasteiger partial charge in [-0.2, -0.15) is 0 Å². The number of anilines is 3. The summed E-state index contributed by atoms with van der Waals surface area (Å²) in [7, 11) is 4.96. The number of rotatable bonds is 5. The van der Waals surface area contributed by atoms with Crippen molar-refractivity contribution in [3.8, 4) is 5.75 Å². The normalized spacial score (nSPS) is 17.3. The first kappa shape index (κ1) is 21.7. The van der Waals surface area contributed by atoms with Crippen molar-refractivity contribution in [1.82, 2.24) is 4.90 Å². The maximum atomic E-state index is 13.4. The molecule has 0 radical (unpaired) electrons. The zero-order valence-electron chi connectivity index (χ0n) is 18.6. The number of hydrogen-bond acceptors (Lipinski definition) is 5. The predicted molar refractivity (Wildman–Crippen MR) is 123 cm³/mol. The Bertz CT molecular complexity index is 1030. The first-order valence-corrected chi connectivity index (χ1v) is 10.8. The van der Waals surface area contributed by atoms with Gasteiger partial charge < -0.3 is 19.9 Å². The number of methoxy groups -OCH3 is 1. The minimum Gasteiger partial charge on any atom is -0.497 e. The summed E-state index contributed by atoms with van der Waals surface area (Å²) in [5.41, 5.74) is 2.60. The molecule has 1 N–H and O–H groups in total. The van der Waals surface area contributed by atoms with E-state index in [1.807, 2.05) is 6.07 Å². The average molecular weight is 437 g/mol. The molecule has 4 rings (SSSR count). The first-order chi connectivity index (χ1) is 15.4. The van der Waals surface area contributed by atoms with Gasteiger partial charge in [-0.3, -0.25) is 19.3 Å². The Morgan fingerprint density at radius 3 is 2.53 bits per heavy atom. The summed E-state index contributed by atoms with van der Waals surface area (Å²) in [6.45, 7) is 0.665. The van der Waals surface area contributed by atoms with Crippen molar-refractivity contribution in [2.75, 3.05) is 49.4 Å². The van der Waals surface area contributed by atoms with Gasteiger partial charge in [0.1, 0.15) is 18.3 Å². The molecule has 0 saturated carbocycles. The van der Waals surface area contributed by atoms with Crippen molar-refractivity contribution in [3.63, 3.8) is 0 Å². The molecule has 8 heteroatoms. The summed E-state index contributed by atoms with van der Waals surface area (Å²) in [6.07, 6.45) is 2.75. The summed E-state index contributed by atoms with van der Waals surface area (Å²) in [5.74, 6) is 0.141. The zero-order chi connectivity index (χ0) is 22.8. The van der Waals surface area contributed by atoms with Crippen molar-refractivity contribution in [2.24, 2.45) is 0 Å². The SMILES string of the molecule is COc1ccc(NC(=O)CN2C(=O)[C@@H]3CCCCN3c3ccc(C(=O)N(C)C)cc32)cc1. The highest BCUT2D eigenvalue weighted by atomic mass is 16.5. The summed E-state index contributed by atoms with van der Waals surface area (Å²) in [5, 5.41) is 2.84. The molecule has 0 aliphatic carbocycles. The van der Waals surface area contributed by atoms with E-state index < -0.39 is 0 Å². The number of nitrogens with zero attached hydrogens (tertiary/aromatic N) is 3. The van der Waals surface area contributed by atoms with Gasteiger partial charge in [0.2, 0.25) is 11.8 Å². The van der Waals surface area contributed by atoms with Crippen molar-refractivity contribution < 1.29 is 19.1 Å². The standard InChI is InChI=1S/C24H28N4O4/c1-26(2)23(30)16-7-12-19-21(14-16)28(24(31)20-6-4-5-13-27(19)20)15-22(29)25-17-8-10-18(32-3)11-9-17/h7-12,14,20H,4-6,13,15H2,1-3H3,(H,25,29)/t20-/m0/s1. The van der Waals surface area contributed by atoms with Gasteiger partial charge in [0, 0.05) is 31.9 Å². The van der Waals surface area contributed by atoms with Crippen LogP contribution < -0.4 is 19.9 Å². The fraction of sp³-hybridized carbons (Fsp3) is 0.375. The average Bonchev–Trinajstić information content (AvgIpc) is 2.81. The lowest BCUT2D eigenvalue weighted by Gasteiger charge is -2.45. The van der Waals surface area contributed by atoms with Gasteiger partial charge in [-0.25, -0.2) is 0 Å². The van der Waals surface area contributed by atoms with Gasteiger partial charge in [0.05, 0.1) is 18.5 Å². The number of nitrogens with one attached hydrogen (secondary N) is 1. The Labute approximate surface area is 187 Å². The summed E-state index contributed by atoms with van der Waals surface area (Å²) in [6, 6.07) is 12.1. The second-order valence-electron chi connectivity index (χ2n) is 8.31. The summed E-state index contributed by atoms with van der Waals surface area (Å²) in [4.78, 5) is 43.9. The number of carbonyl (C=O) groups is 3. The number of benzene rings is 2. The molecule has 0 bridgehead atoms. The first-order valence-electron chi connectivity index (χ1n) is 10.8. The number of piperidine rings is 1. The van der Waals surface area contributed by atoms with E-state index in [0.717, 1.165) is 31.5 Å². The molecule has 8 nitrogen and oxygen atoms in total. The highest BCUT2D eigenvalue weighted by molar-refractivity contribution is 6.11. The van der Waals surface area contributed by atoms with E-state index in [1.54, 1.807) is 57.6 Å². The van der Waals surface area contributed by atoms with E-state index in [0.29, 0.717) is 22.7 Å². The van der Waals surface area contributed by atoms with Gasteiger partial charge in [-0.1, -0.05) is 0 Å². The maximum Gasteiger partial charge on any atom is 0.253 e. The van der Waals surface area contributed by atoms with Crippen LogP contribution in [0.1, 0.15) is 29.6 Å². The monoisotopic (exact) mass is 436 g/mol. The largest absolute Gasteiger partial charge is 0.497 e. The van der Waals surface area contributed by atoms with E-state index in [1.165, 1.54) is 9.80 Å². The number of carbonyl (C=O) groups excluding carboxylic acids is 3. The molecule has 0 aromatic heterocycles. The van der Waals surface area contributed by atoms with Crippen LogP contribution in [0.25, 0.3) is 0 Å². The van der Waals surface area contributed by atoms with Crippen LogP contribution in [-0.4, -0.2) is 63.0 Å². The van der Waals surface area contributed by atoms with Crippen LogP contribution in [0.5, 0.6) is 5.75 Å². The number of ether oxygens (including phenoxy) is 1.